The summed E-state index contributed by atoms with van der Waals surface area (Å²) in [5, 5.41) is 11.1. The van der Waals surface area contributed by atoms with Gasteiger partial charge in [-0.3, -0.25) is 10.1 Å². The number of hydrogen-bond donors (Lipinski definition) is 0. The fourth-order valence-electron chi connectivity index (χ4n) is 1.10. The molecule has 0 radical (unpaired) electrons. The summed E-state index contributed by atoms with van der Waals surface area (Å²) in [6.45, 7) is 2.49. The monoisotopic (exact) mass is 307 g/mol. The second-order valence-corrected chi connectivity index (χ2v) is 4.45. The van der Waals surface area contributed by atoms with Crippen LogP contribution in [0.25, 0.3) is 0 Å². The van der Waals surface area contributed by atoms with Gasteiger partial charge in [-0.1, -0.05) is 24.9 Å². The molecule has 0 aromatic heterocycles. The van der Waals surface area contributed by atoms with E-state index in [1.165, 1.54) is 12.1 Å². The predicted molar refractivity (Wildman–Crippen MR) is 66.2 cm³/mol. The molecule has 0 aliphatic rings. The molecule has 0 heterocycles. The Balaban J connectivity index is 2.95. The maximum atomic E-state index is 10.8. The quantitative estimate of drug-likeness (QED) is 0.465. The fourth-order valence-corrected chi connectivity index (χ4v) is 1.58. The lowest BCUT2D eigenvalue weighted by Gasteiger charge is -2.07. The molecule has 0 atom stereocenters. The zero-order valence-electron chi connectivity index (χ0n) is 8.70. The number of hydrogen-bond acceptors (Lipinski definition) is 3. The Morgan fingerprint density at radius 1 is 1.56 bits per heavy atom. The number of nitro groups is 1. The summed E-state index contributed by atoms with van der Waals surface area (Å²) in [6, 6.07) is 2.81. The second-order valence-electron chi connectivity index (χ2n) is 3.19. The van der Waals surface area contributed by atoms with E-state index < -0.39 is 4.92 Å². The van der Waals surface area contributed by atoms with Gasteiger partial charge in [0.15, 0.2) is 5.75 Å². The second kappa shape index (κ2) is 6.06. The first-order valence-corrected chi connectivity index (χ1v) is 5.99. The van der Waals surface area contributed by atoms with Crippen molar-refractivity contribution >= 4 is 33.2 Å². The lowest BCUT2D eigenvalue weighted by molar-refractivity contribution is -0.385. The van der Waals surface area contributed by atoms with Gasteiger partial charge in [-0.25, -0.2) is 0 Å². The van der Waals surface area contributed by atoms with Gasteiger partial charge in [-0.15, -0.1) is 0 Å². The van der Waals surface area contributed by atoms with E-state index in [-0.39, 0.29) is 11.4 Å². The third kappa shape index (κ3) is 3.35. The van der Waals surface area contributed by atoms with Gasteiger partial charge >= 0.3 is 5.69 Å². The minimum absolute atomic E-state index is 0.107. The van der Waals surface area contributed by atoms with E-state index >= 15 is 0 Å². The van der Waals surface area contributed by atoms with Crippen LogP contribution < -0.4 is 4.74 Å². The Morgan fingerprint density at radius 2 is 2.25 bits per heavy atom. The van der Waals surface area contributed by atoms with Gasteiger partial charge in [0.05, 0.1) is 16.6 Å². The summed E-state index contributed by atoms with van der Waals surface area (Å²) in [4.78, 5) is 10.3. The maximum absolute atomic E-state index is 10.8. The fraction of sp³-hybridized carbons (Fsp3) is 0.400. The van der Waals surface area contributed by atoms with Crippen LogP contribution in [0, 0.1) is 10.1 Å². The van der Waals surface area contributed by atoms with Gasteiger partial charge in [0.1, 0.15) is 0 Å². The van der Waals surface area contributed by atoms with Crippen LogP contribution in [-0.2, 0) is 0 Å². The average molecular weight is 309 g/mol. The third-order valence-electron chi connectivity index (χ3n) is 1.95. The molecule has 0 aliphatic heterocycles. The molecule has 0 saturated carbocycles. The van der Waals surface area contributed by atoms with Crippen LogP contribution in [0.2, 0.25) is 5.02 Å². The van der Waals surface area contributed by atoms with E-state index in [2.05, 4.69) is 15.9 Å². The van der Waals surface area contributed by atoms with Gasteiger partial charge in [0.2, 0.25) is 0 Å². The topological polar surface area (TPSA) is 52.4 Å². The van der Waals surface area contributed by atoms with Crippen LogP contribution in [0.15, 0.2) is 16.6 Å². The summed E-state index contributed by atoms with van der Waals surface area (Å²) in [5.74, 6) is 0.245. The summed E-state index contributed by atoms with van der Waals surface area (Å²) < 4.78 is 5.93. The first kappa shape index (κ1) is 13.3. The third-order valence-corrected chi connectivity index (χ3v) is 3.15. The molecule has 1 aromatic rings. The SMILES string of the molecule is CCCCOc1cc(Br)c(Cl)cc1[N+](=O)[O-]. The number of nitrogens with zero attached hydrogens (tertiary/aromatic N) is 1. The largest absolute Gasteiger partial charge is 0.487 e. The van der Waals surface area contributed by atoms with Crippen molar-refractivity contribution < 1.29 is 9.66 Å². The Morgan fingerprint density at radius 3 is 2.81 bits per heavy atom. The molecule has 4 nitrogen and oxygen atoms in total. The number of halogens is 2. The van der Waals surface area contributed by atoms with Crippen LogP contribution in [0.5, 0.6) is 5.75 Å². The van der Waals surface area contributed by atoms with Crippen molar-refractivity contribution in [3.05, 3.63) is 31.7 Å². The van der Waals surface area contributed by atoms with E-state index in [4.69, 9.17) is 16.3 Å². The molecule has 0 bridgehead atoms. The molecule has 0 N–H and O–H groups in total. The first-order chi connectivity index (χ1) is 7.56. The van der Waals surface area contributed by atoms with Crippen LogP contribution >= 0.6 is 27.5 Å². The zero-order valence-corrected chi connectivity index (χ0v) is 11.0. The van der Waals surface area contributed by atoms with E-state index in [0.29, 0.717) is 16.1 Å². The Kier molecular flexibility index (Phi) is 5.02. The molecule has 1 rings (SSSR count). The number of ether oxygens (including phenoxy) is 1. The number of benzene rings is 1. The van der Waals surface area contributed by atoms with Gasteiger partial charge in [0.25, 0.3) is 0 Å². The molecule has 0 unspecified atom stereocenters. The lowest BCUT2D eigenvalue weighted by atomic mass is 10.3. The molecular weight excluding hydrogens is 297 g/mol. The van der Waals surface area contributed by atoms with Crippen molar-refractivity contribution in [3.63, 3.8) is 0 Å². The molecule has 0 fully saturated rings. The summed E-state index contributed by atoms with van der Waals surface area (Å²) in [7, 11) is 0. The van der Waals surface area contributed by atoms with Crippen LogP contribution in [-0.4, -0.2) is 11.5 Å². The normalized spacial score (nSPS) is 10.2. The summed E-state index contributed by atoms with van der Waals surface area (Å²) in [5.41, 5.74) is -0.107. The van der Waals surface area contributed by atoms with Gasteiger partial charge in [-0.05, 0) is 22.4 Å². The molecule has 0 aliphatic carbocycles. The van der Waals surface area contributed by atoms with E-state index in [0.717, 1.165) is 12.8 Å². The van der Waals surface area contributed by atoms with Gasteiger partial charge in [-0.2, -0.15) is 0 Å². The smallest absolute Gasteiger partial charge is 0.312 e. The van der Waals surface area contributed by atoms with Crippen molar-refractivity contribution in [2.45, 2.75) is 19.8 Å². The van der Waals surface area contributed by atoms with Crippen molar-refractivity contribution in [2.75, 3.05) is 6.61 Å². The Labute approximate surface area is 107 Å². The Bertz CT molecular complexity index is 398. The van der Waals surface area contributed by atoms with E-state index in [9.17, 15) is 10.1 Å². The molecule has 0 spiro atoms. The molecule has 0 amide bonds. The van der Waals surface area contributed by atoms with Crippen LogP contribution in [0.1, 0.15) is 19.8 Å². The van der Waals surface area contributed by atoms with Gasteiger partial charge in [0, 0.05) is 16.6 Å². The maximum Gasteiger partial charge on any atom is 0.312 e. The summed E-state index contributed by atoms with van der Waals surface area (Å²) in [6.07, 6.45) is 1.83. The van der Waals surface area contributed by atoms with Gasteiger partial charge < -0.3 is 4.74 Å². The Hall–Kier alpha value is -0.810. The highest BCUT2D eigenvalue weighted by atomic mass is 79.9. The molecule has 6 heteroatoms. The number of unbranched alkanes of at least 4 members (excludes halogenated alkanes) is 1. The average Bonchev–Trinajstić information content (AvgIpc) is 2.23. The van der Waals surface area contributed by atoms with E-state index in [1.807, 2.05) is 6.92 Å². The molecule has 88 valence electrons. The standard InChI is InChI=1S/C10H11BrClNO3/c1-2-3-4-16-10-5-7(11)8(12)6-9(10)13(14)15/h5-6H,2-4H2,1H3. The minimum atomic E-state index is -0.500. The van der Waals surface area contributed by atoms with Crippen LogP contribution in [0.3, 0.4) is 0 Å². The highest BCUT2D eigenvalue weighted by molar-refractivity contribution is 9.10. The highest BCUT2D eigenvalue weighted by Crippen LogP contribution is 2.35. The molecule has 1 aromatic carbocycles. The van der Waals surface area contributed by atoms with Crippen molar-refractivity contribution in [3.8, 4) is 5.75 Å². The minimum Gasteiger partial charge on any atom is -0.487 e. The van der Waals surface area contributed by atoms with Crippen molar-refractivity contribution in [2.24, 2.45) is 0 Å². The number of nitro benzene ring substituents is 1. The molecular formula is C10H11BrClNO3. The molecule has 0 saturated heterocycles. The predicted octanol–water partition coefficient (Wildman–Crippen LogP) is 4.19. The zero-order chi connectivity index (χ0) is 12.1. The summed E-state index contributed by atoms with van der Waals surface area (Å²) >= 11 is 8.99. The highest BCUT2D eigenvalue weighted by Gasteiger charge is 2.17. The molecule has 16 heavy (non-hydrogen) atoms. The van der Waals surface area contributed by atoms with E-state index in [1.54, 1.807) is 0 Å². The van der Waals surface area contributed by atoms with Crippen LogP contribution in [0.4, 0.5) is 5.69 Å². The lowest BCUT2D eigenvalue weighted by Crippen LogP contribution is -2.00. The number of rotatable bonds is 5. The van der Waals surface area contributed by atoms with Crippen molar-refractivity contribution in [1.29, 1.82) is 0 Å². The first-order valence-electron chi connectivity index (χ1n) is 4.82. The van der Waals surface area contributed by atoms with Crippen molar-refractivity contribution in [1.82, 2.24) is 0 Å².